The number of carboxylic acid groups (broad SMARTS) is 1. The minimum atomic E-state index is -4.05. The Kier molecular flexibility index (Phi) is 5.33. The van der Waals surface area contributed by atoms with Crippen LogP contribution >= 0.6 is 0 Å². The molecule has 3 aromatic rings. The quantitative estimate of drug-likeness (QED) is 0.512. The van der Waals surface area contributed by atoms with E-state index >= 15 is 4.39 Å². The Balaban J connectivity index is 1.93. The summed E-state index contributed by atoms with van der Waals surface area (Å²) in [5, 5.41) is 8.72. The number of carboxylic acids is 1. The predicted molar refractivity (Wildman–Crippen MR) is 111 cm³/mol. The highest BCUT2D eigenvalue weighted by Gasteiger charge is 2.32. The van der Waals surface area contributed by atoms with Crippen LogP contribution in [0.1, 0.15) is 46.4 Å². The summed E-state index contributed by atoms with van der Waals surface area (Å²) in [5.74, 6) is -5.33. The van der Waals surface area contributed by atoms with Crippen LogP contribution in [0.2, 0.25) is 0 Å². The number of rotatable bonds is 6. The standard InChI is InChI=1S/C20H18F2N4O5S/c21-13-8-14(26-6-5-10-7-11(20(28)29)9-24-19(10)26)17(16(22)15(13)18(23)27)25-32(30,31)12-3-1-2-4-12/h5-9,12,25H,1-4H2,(H2,23,27)(H,28,29). The van der Waals surface area contributed by atoms with Crippen molar-refractivity contribution in [2.75, 3.05) is 4.72 Å². The summed E-state index contributed by atoms with van der Waals surface area (Å²) in [6, 6.07) is 3.55. The van der Waals surface area contributed by atoms with Crippen molar-refractivity contribution in [2.24, 2.45) is 5.73 Å². The molecule has 0 unspecified atom stereocenters. The summed E-state index contributed by atoms with van der Waals surface area (Å²) in [5.41, 5.74) is 3.15. The largest absolute Gasteiger partial charge is 0.478 e. The maximum absolute atomic E-state index is 15.2. The lowest BCUT2D eigenvalue weighted by molar-refractivity contribution is 0.0696. The third-order valence-electron chi connectivity index (χ3n) is 5.46. The number of carbonyl (C=O) groups is 2. The number of nitrogens with two attached hydrogens (primary N) is 1. The number of hydrogen-bond donors (Lipinski definition) is 3. The molecule has 4 N–H and O–H groups in total. The van der Waals surface area contributed by atoms with Crippen molar-refractivity contribution in [3.63, 3.8) is 0 Å². The van der Waals surface area contributed by atoms with E-state index in [0.29, 0.717) is 31.1 Å². The third-order valence-corrected chi connectivity index (χ3v) is 7.30. The molecule has 32 heavy (non-hydrogen) atoms. The number of halogens is 2. The van der Waals surface area contributed by atoms with Gasteiger partial charge in [-0.2, -0.15) is 0 Å². The van der Waals surface area contributed by atoms with Gasteiger partial charge in [0.1, 0.15) is 22.7 Å². The highest BCUT2D eigenvalue weighted by atomic mass is 32.2. The summed E-state index contributed by atoms with van der Waals surface area (Å²) >= 11 is 0. The molecule has 0 bridgehead atoms. The minimum absolute atomic E-state index is 0.0983. The van der Waals surface area contributed by atoms with Gasteiger partial charge in [-0.05, 0) is 25.0 Å². The lowest BCUT2D eigenvalue weighted by Crippen LogP contribution is -2.27. The topological polar surface area (TPSA) is 144 Å². The number of carbonyl (C=O) groups excluding carboxylic acids is 1. The molecule has 0 spiro atoms. The van der Waals surface area contributed by atoms with Gasteiger partial charge >= 0.3 is 5.97 Å². The van der Waals surface area contributed by atoms with Crippen LogP contribution < -0.4 is 10.5 Å². The maximum Gasteiger partial charge on any atom is 0.337 e. The van der Waals surface area contributed by atoms with Crippen LogP contribution in [0.15, 0.2) is 30.6 Å². The second-order valence-corrected chi connectivity index (χ2v) is 9.45. The molecule has 0 atom stereocenters. The van der Waals surface area contributed by atoms with E-state index in [1.165, 1.54) is 22.9 Å². The van der Waals surface area contributed by atoms with Gasteiger partial charge in [-0.15, -0.1) is 0 Å². The molecule has 1 amide bonds. The Bertz CT molecular complexity index is 1360. The molecule has 2 aromatic heterocycles. The lowest BCUT2D eigenvalue weighted by Gasteiger charge is -2.19. The number of benzene rings is 1. The van der Waals surface area contributed by atoms with E-state index in [-0.39, 0.29) is 16.9 Å². The van der Waals surface area contributed by atoms with Crippen molar-refractivity contribution in [3.8, 4) is 5.69 Å². The first kappa shape index (κ1) is 21.7. The molecule has 168 valence electrons. The molecule has 1 fully saturated rings. The summed E-state index contributed by atoms with van der Waals surface area (Å²) < 4.78 is 58.9. The van der Waals surface area contributed by atoms with E-state index in [2.05, 4.69) is 9.71 Å². The number of aromatic nitrogens is 2. The Morgan fingerprint density at radius 3 is 2.53 bits per heavy atom. The van der Waals surface area contributed by atoms with Crippen molar-refractivity contribution < 1.29 is 31.9 Å². The smallest absolute Gasteiger partial charge is 0.337 e. The molecule has 1 aliphatic rings. The number of fused-ring (bicyclic) bond motifs is 1. The third kappa shape index (κ3) is 3.66. The fourth-order valence-corrected chi connectivity index (χ4v) is 5.48. The normalized spacial score (nSPS) is 14.7. The van der Waals surface area contributed by atoms with Gasteiger partial charge in [0.15, 0.2) is 5.82 Å². The SMILES string of the molecule is NC(=O)c1c(F)cc(-n2ccc3cc(C(=O)O)cnc32)c(NS(=O)(=O)C2CCCC2)c1F. The first-order chi connectivity index (χ1) is 15.1. The zero-order valence-corrected chi connectivity index (χ0v) is 17.3. The molecule has 4 rings (SSSR count). The van der Waals surface area contributed by atoms with E-state index < -0.39 is 50.0 Å². The van der Waals surface area contributed by atoms with Gasteiger partial charge in [0.05, 0.1) is 16.5 Å². The average molecular weight is 464 g/mol. The van der Waals surface area contributed by atoms with Crippen LogP contribution in [0.25, 0.3) is 16.7 Å². The highest BCUT2D eigenvalue weighted by molar-refractivity contribution is 7.93. The van der Waals surface area contributed by atoms with Gasteiger partial charge < -0.3 is 10.8 Å². The lowest BCUT2D eigenvalue weighted by atomic mass is 10.1. The number of hydrogen-bond acceptors (Lipinski definition) is 5. The number of primary amides is 1. The van der Waals surface area contributed by atoms with Gasteiger partial charge in [-0.25, -0.2) is 27.0 Å². The van der Waals surface area contributed by atoms with Gasteiger partial charge in [-0.3, -0.25) is 14.1 Å². The van der Waals surface area contributed by atoms with Crippen LogP contribution in [0.5, 0.6) is 0 Å². The molecule has 0 aliphatic heterocycles. The average Bonchev–Trinajstić information content (AvgIpc) is 3.39. The van der Waals surface area contributed by atoms with Crippen molar-refractivity contribution >= 4 is 38.6 Å². The van der Waals surface area contributed by atoms with Crippen molar-refractivity contribution in [1.82, 2.24) is 9.55 Å². The number of aromatic carboxylic acids is 1. The van der Waals surface area contributed by atoms with Crippen LogP contribution in [0.4, 0.5) is 14.5 Å². The molecule has 1 saturated carbocycles. The van der Waals surface area contributed by atoms with Gasteiger partial charge in [0, 0.05) is 23.8 Å². The number of nitrogens with one attached hydrogen (secondary N) is 1. The van der Waals surface area contributed by atoms with Crippen molar-refractivity contribution in [3.05, 3.63) is 53.4 Å². The molecular formula is C20H18F2N4O5S. The van der Waals surface area contributed by atoms with Crippen LogP contribution in [-0.4, -0.2) is 40.2 Å². The van der Waals surface area contributed by atoms with Gasteiger partial charge in [0.2, 0.25) is 10.0 Å². The Labute approximate surface area is 180 Å². The first-order valence-electron chi connectivity index (χ1n) is 9.64. The zero-order chi connectivity index (χ0) is 23.2. The highest BCUT2D eigenvalue weighted by Crippen LogP contribution is 2.34. The summed E-state index contributed by atoms with van der Waals surface area (Å²) in [7, 11) is -4.05. The summed E-state index contributed by atoms with van der Waals surface area (Å²) in [6.07, 6.45) is 4.61. The minimum Gasteiger partial charge on any atom is -0.478 e. The van der Waals surface area contributed by atoms with Crippen LogP contribution in [-0.2, 0) is 10.0 Å². The zero-order valence-electron chi connectivity index (χ0n) is 16.5. The van der Waals surface area contributed by atoms with E-state index in [9.17, 15) is 22.4 Å². The molecule has 12 heteroatoms. The van der Waals surface area contributed by atoms with Crippen molar-refractivity contribution in [1.29, 1.82) is 0 Å². The van der Waals surface area contributed by atoms with Gasteiger partial charge in [0.25, 0.3) is 5.91 Å². The van der Waals surface area contributed by atoms with E-state index in [4.69, 9.17) is 10.8 Å². The molecule has 2 heterocycles. The Hall–Kier alpha value is -3.54. The van der Waals surface area contributed by atoms with E-state index in [0.717, 1.165) is 12.3 Å². The number of sulfonamides is 1. The van der Waals surface area contributed by atoms with Gasteiger partial charge in [-0.1, -0.05) is 12.8 Å². The fourth-order valence-electron chi connectivity index (χ4n) is 3.88. The second-order valence-electron chi connectivity index (χ2n) is 7.49. The second kappa shape index (κ2) is 7.86. The number of pyridine rings is 1. The predicted octanol–water partition coefficient (Wildman–Crippen LogP) is 2.79. The Morgan fingerprint density at radius 2 is 1.91 bits per heavy atom. The van der Waals surface area contributed by atoms with E-state index in [1.54, 1.807) is 0 Å². The molecule has 1 aliphatic carbocycles. The number of amides is 1. The summed E-state index contributed by atoms with van der Waals surface area (Å²) in [6.45, 7) is 0. The van der Waals surface area contributed by atoms with Crippen LogP contribution in [0.3, 0.4) is 0 Å². The summed E-state index contributed by atoms with van der Waals surface area (Å²) in [4.78, 5) is 26.8. The molecule has 1 aromatic carbocycles. The molecular weight excluding hydrogens is 446 g/mol. The number of anilines is 1. The first-order valence-corrected chi connectivity index (χ1v) is 11.2. The maximum atomic E-state index is 15.2. The number of nitrogens with zero attached hydrogens (tertiary/aromatic N) is 2. The monoisotopic (exact) mass is 464 g/mol. The molecule has 0 saturated heterocycles. The van der Waals surface area contributed by atoms with E-state index in [1.807, 2.05) is 0 Å². The molecule has 0 radical (unpaired) electrons. The Morgan fingerprint density at radius 1 is 1.22 bits per heavy atom. The van der Waals surface area contributed by atoms with Crippen molar-refractivity contribution in [2.45, 2.75) is 30.9 Å². The fraction of sp³-hybridized carbons (Fsp3) is 0.250. The van der Waals surface area contributed by atoms with Crippen LogP contribution in [0, 0.1) is 11.6 Å². The molecule has 9 nitrogen and oxygen atoms in total.